The second kappa shape index (κ2) is 6.12. The van der Waals surface area contributed by atoms with E-state index in [1.807, 2.05) is 18.2 Å². The molecule has 0 bridgehead atoms. The van der Waals surface area contributed by atoms with Crippen LogP contribution in [0.25, 0.3) is 0 Å². The van der Waals surface area contributed by atoms with Crippen molar-refractivity contribution >= 4 is 17.3 Å². The molecule has 0 radical (unpaired) electrons. The highest BCUT2D eigenvalue weighted by atomic mass is 35.5. The Bertz CT molecular complexity index is 563. The molecule has 19 heavy (non-hydrogen) atoms. The Hall–Kier alpha value is -1.47. The van der Waals surface area contributed by atoms with Gasteiger partial charge in [-0.25, -0.2) is 0 Å². The van der Waals surface area contributed by atoms with Crippen molar-refractivity contribution in [2.45, 2.75) is 33.2 Å². The van der Waals surface area contributed by atoms with Crippen molar-refractivity contribution < 1.29 is 0 Å². The predicted molar refractivity (Wildman–Crippen MR) is 84.0 cm³/mol. The third kappa shape index (κ3) is 3.51. The zero-order valence-corrected chi connectivity index (χ0v) is 12.5. The molecule has 1 unspecified atom stereocenters. The molecule has 0 aliphatic rings. The average molecular weight is 274 g/mol. The number of benzene rings is 2. The first-order valence-corrected chi connectivity index (χ1v) is 7.07. The maximum absolute atomic E-state index is 6.07. The summed E-state index contributed by atoms with van der Waals surface area (Å²) in [7, 11) is 0. The Balaban J connectivity index is 2.21. The summed E-state index contributed by atoms with van der Waals surface area (Å²) in [4.78, 5) is 0. The zero-order chi connectivity index (χ0) is 13.8. The number of halogens is 1. The van der Waals surface area contributed by atoms with Gasteiger partial charge in [0.2, 0.25) is 0 Å². The van der Waals surface area contributed by atoms with Crippen LogP contribution in [0.1, 0.15) is 36.1 Å². The summed E-state index contributed by atoms with van der Waals surface area (Å²) in [5.41, 5.74) is 5.02. The topological polar surface area (TPSA) is 12.0 Å². The van der Waals surface area contributed by atoms with Crippen molar-refractivity contribution in [1.82, 2.24) is 0 Å². The van der Waals surface area contributed by atoms with Gasteiger partial charge in [0.25, 0.3) is 0 Å². The summed E-state index contributed by atoms with van der Waals surface area (Å²) in [6.07, 6.45) is 1.02. The van der Waals surface area contributed by atoms with E-state index in [4.69, 9.17) is 11.6 Å². The second-order valence-corrected chi connectivity index (χ2v) is 5.40. The highest BCUT2D eigenvalue weighted by Gasteiger charge is 2.09. The van der Waals surface area contributed by atoms with Crippen LogP contribution in [0.4, 0.5) is 5.69 Å². The van der Waals surface area contributed by atoms with E-state index in [0.29, 0.717) is 6.04 Å². The minimum atomic E-state index is 0.292. The van der Waals surface area contributed by atoms with Gasteiger partial charge in [-0.05, 0) is 61.2 Å². The summed E-state index contributed by atoms with van der Waals surface area (Å²) in [5, 5.41) is 4.37. The largest absolute Gasteiger partial charge is 0.378 e. The van der Waals surface area contributed by atoms with Crippen LogP contribution in [-0.2, 0) is 0 Å². The lowest BCUT2D eigenvalue weighted by Crippen LogP contribution is -2.09. The third-order valence-electron chi connectivity index (χ3n) is 3.51. The smallest absolute Gasteiger partial charge is 0.0511 e. The van der Waals surface area contributed by atoms with E-state index in [-0.39, 0.29) is 0 Å². The number of aryl methyl sites for hydroxylation is 2. The summed E-state index contributed by atoms with van der Waals surface area (Å²) < 4.78 is 0. The molecule has 0 aliphatic heterocycles. The van der Waals surface area contributed by atoms with Gasteiger partial charge < -0.3 is 5.32 Å². The van der Waals surface area contributed by atoms with E-state index in [9.17, 15) is 0 Å². The van der Waals surface area contributed by atoms with Gasteiger partial charge in [-0.2, -0.15) is 0 Å². The molecule has 0 amide bonds. The highest BCUT2D eigenvalue weighted by molar-refractivity contribution is 6.30. The Morgan fingerprint density at radius 2 is 1.84 bits per heavy atom. The minimum absolute atomic E-state index is 0.292. The van der Waals surface area contributed by atoms with Crippen LogP contribution in [0.5, 0.6) is 0 Å². The van der Waals surface area contributed by atoms with E-state index in [2.05, 4.69) is 50.4 Å². The van der Waals surface area contributed by atoms with E-state index in [1.165, 1.54) is 16.7 Å². The van der Waals surface area contributed by atoms with Crippen LogP contribution >= 0.6 is 11.6 Å². The molecule has 0 aromatic heterocycles. The SMILES string of the molecule is CCC(Nc1ccc(C)c(C)c1)c1cccc(Cl)c1. The summed E-state index contributed by atoms with van der Waals surface area (Å²) in [6, 6.07) is 14.8. The summed E-state index contributed by atoms with van der Waals surface area (Å²) >= 11 is 6.07. The van der Waals surface area contributed by atoms with Crippen molar-refractivity contribution in [3.8, 4) is 0 Å². The van der Waals surface area contributed by atoms with E-state index in [1.54, 1.807) is 0 Å². The van der Waals surface area contributed by atoms with Gasteiger partial charge >= 0.3 is 0 Å². The maximum Gasteiger partial charge on any atom is 0.0511 e. The molecule has 2 heteroatoms. The van der Waals surface area contributed by atoms with Gasteiger partial charge in [0.1, 0.15) is 0 Å². The fraction of sp³-hybridized carbons (Fsp3) is 0.294. The Morgan fingerprint density at radius 3 is 2.47 bits per heavy atom. The number of hydrogen-bond acceptors (Lipinski definition) is 1. The zero-order valence-electron chi connectivity index (χ0n) is 11.7. The predicted octanol–water partition coefficient (Wildman–Crippen LogP) is 5.52. The van der Waals surface area contributed by atoms with E-state index in [0.717, 1.165) is 17.1 Å². The van der Waals surface area contributed by atoms with Gasteiger partial charge in [-0.1, -0.05) is 36.7 Å². The third-order valence-corrected chi connectivity index (χ3v) is 3.74. The Kier molecular flexibility index (Phi) is 4.49. The summed E-state index contributed by atoms with van der Waals surface area (Å²) in [5.74, 6) is 0. The van der Waals surface area contributed by atoms with Gasteiger partial charge in [-0.15, -0.1) is 0 Å². The van der Waals surface area contributed by atoms with Crippen molar-refractivity contribution in [3.05, 3.63) is 64.2 Å². The Labute approximate surface area is 120 Å². The van der Waals surface area contributed by atoms with Crippen LogP contribution < -0.4 is 5.32 Å². The van der Waals surface area contributed by atoms with Crippen LogP contribution in [0.3, 0.4) is 0 Å². The minimum Gasteiger partial charge on any atom is -0.378 e. The number of anilines is 1. The maximum atomic E-state index is 6.07. The molecule has 0 saturated heterocycles. The van der Waals surface area contributed by atoms with Crippen molar-refractivity contribution in [2.75, 3.05) is 5.32 Å². The lowest BCUT2D eigenvalue weighted by molar-refractivity contribution is 0.749. The average Bonchev–Trinajstić information content (AvgIpc) is 2.40. The molecule has 0 saturated carbocycles. The molecule has 0 spiro atoms. The molecule has 100 valence electrons. The molecular weight excluding hydrogens is 254 g/mol. The molecule has 2 aromatic carbocycles. The molecule has 1 nitrogen and oxygen atoms in total. The molecule has 2 aromatic rings. The monoisotopic (exact) mass is 273 g/mol. The van der Waals surface area contributed by atoms with Crippen molar-refractivity contribution in [3.63, 3.8) is 0 Å². The van der Waals surface area contributed by atoms with Crippen LogP contribution in [0, 0.1) is 13.8 Å². The normalized spacial score (nSPS) is 12.2. The summed E-state index contributed by atoms with van der Waals surface area (Å²) in [6.45, 7) is 6.45. The van der Waals surface area contributed by atoms with Gasteiger partial charge in [0, 0.05) is 10.7 Å². The van der Waals surface area contributed by atoms with Crippen molar-refractivity contribution in [1.29, 1.82) is 0 Å². The molecule has 1 N–H and O–H groups in total. The fourth-order valence-corrected chi connectivity index (χ4v) is 2.38. The fourth-order valence-electron chi connectivity index (χ4n) is 2.18. The molecule has 2 rings (SSSR count). The highest BCUT2D eigenvalue weighted by Crippen LogP contribution is 2.25. The first-order chi connectivity index (χ1) is 9.10. The van der Waals surface area contributed by atoms with Gasteiger partial charge in [0.05, 0.1) is 6.04 Å². The standard InChI is InChI=1S/C17H20ClN/c1-4-17(14-6-5-7-15(18)11-14)19-16-9-8-12(2)13(3)10-16/h5-11,17,19H,4H2,1-3H3. The van der Waals surface area contributed by atoms with E-state index < -0.39 is 0 Å². The van der Waals surface area contributed by atoms with Crippen molar-refractivity contribution in [2.24, 2.45) is 0 Å². The van der Waals surface area contributed by atoms with E-state index >= 15 is 0 Å². The van der Waals surface area contributed by atoms with Crippen LogP contribution in [0.2, 0.25) is 5.02 Å². The second-order valence-electron chi connectivity index (χ2n) is 4.96. The van der Waals surface area contributed by atoms with Gasteiger partial charge in [-0.3, -0.25) is 0 Å². The lowest BCUT2D eigenvalue weighted by atomic mass is 10.0. The first kappa shape index (κ1) is 14.0. The van der Waals surface area contributed by atoms with Crippen LogP contribution in [0.15, 0.2) is 42.5 Å². The molecular formula is C17H20ClN. The molecule has 0 aliphatic carbocycles. The molecule has 0 heterocycles. The van der Waals surface area contributed by atoms with Gasteiger partial charge in [0.15, 0.2) is 0 Å². The lowest BCUT2D eigenvalue weighted by Gasteiger charge is -2.19. The first-order valence-electron chi connectivity index (χ1n) is 6.69. The molecule has 1 atom stereocenters. The number of hydrogen-bond donors (Lipinski definition) is 1. The van der Waals surface area contributed by atoms with Crippen LogP contribution in [-0.4, -0.2) is 0 Å². The number of rotatable bonds is 4. The molecule has 0 fully saturated rings. The quantitative estimate of drug-likeness (QED) is 0.773. The number of nitrogens with one attached hydrogen (secondary N) is 1. The Morgan fingerprint density at radius 1 is 1.05 bits per heavy atom.